The van der Waals surface area contributed by atoms with Crippen LogP contribution in [0, 0.1) is 6.92 Å². The molecule has 1 aliphatic rings. The summed E-state index contributed by atoms with van der Waals surface area (Å²) < 4.78 is 27.3. The van der Waals surface area contributed by atoms with E-state index in [9.17, 15) is 8.42 Å². The minimum absolute atomic E-state index is 0. The molecule has 9 heteroatoms. The lowest BCUT2D eigenvalue weighted by atomic mass is 10.1. The lowest BCUT2D eigenvalue weighted by Gasteiger charge is -2.35. The molecule has 1 atom stereocenters. The van der Waals surface area contributed by atoms with Crippen molar-refractivity contribution >= 4 is 22.4 Å². The van der Waals surface area contributed by atoms with Gasteiger partial charge in [-0.3, -0.25) is 10.1 Å². The summed E-state index contributed by atoms with van der Waals surface area (Å²) in [6, 6.07) is 3.46. The van der Waals surface area contributed by atoms with Crippen molar-refractivity contribution in [3.8, 4) is 0 Å². The fraction of sp³-hybridized carbons (Fsp3) is 0.385. The van der Waals surface area contributed by atoms with Crippen LogP contribution in [0.4, 0.5) is 0 Å². The second-order valence-electron chi connectivity index (χ2n) is 4.98. The number of sulfonamides is 1. The number of piperazine rings is 1. The van der Waals surface area contributed by atoms with E-state index in [1.165, 1.54) is 10.5 Å². The van der Waals surface area contributed by atoms with E-state index < -0.39 is 10.0 Å². The molecule has 1 fully saturated rings. The average Bonchev–Trinajstić information content (AvgIpc) is 2.95. The Balaban J connectivity index is 0.00000176. The van der Waals surface area contributed by atoms with Crippen LogP contribution in [0.15, 0.2) is 35.6 Å². The van der Waals surface area contributed by atoms with Crippen molar-refractivity contribution in [3.63, 3.8) is 0 Å². The van der Waals surface area contributed by atoms with Crippen LogP contribution in [-0.4, -0.2) is 47.5 Å². The van der Waals surface area contributed by atoms with Crippen LogP contribution < -0.4 is 5.32 Å². The van der Waals surface area contributed by atoms with Gasteiger partial charge in [0.1, 0.15) is 4.90 Å². The molecule has 0 spiro atoms. The summed E-state index contributed by atoms with van der Waals surface area (Å²) in [6.45, 7) is 3.34. The normalized spacial score (nSPS) is 19.6. The smallest absolute Gasteiger partial charge is 0.247 e. The van der Waals surface area contributed by atoms with Crippen LogP contribution in [0.1, 0.15) is 17.3 Å². The summed E-state index contributed by atoms with van der Waals surface area (Å²) in [5, 5.41) is 9.74. The van der Waals surface area contributed by atoms with Crippen molar-refractivity contribution in [1.82, 2.24) is 24.8 Å². The molecule has 0 aliphatic carbocycles. The third-order valence-electron chi connectivity index (χ3n) is 3.63. The third kappa shape index (κ3) is 3.00. The number of nitrogens with zero attached hydrogens (tertiary/aromatic N) is 3. The number of aromatic nitrogens is 3. The van der Waals surface area contributed by atoms with Gasteiger partial charge in [0.05, 0.1) is 17.9 Å². The number of nitrogens with one attached hydrogen (secondary N) is 2. The van der Waals surface area contributed by atoms with E-state index in [4.69, 9.17) is 0 Å². The van der Waals surface area contributed by atoms with Crippen LogP contribution in [0.25, 0.3) is 0 Å². The van der Waals surface area contributed by atoms with E-state index in [0.717, 1.165) is 5.56 Å². The number of pyridine rings is 1. The zero-order chi connectivity index (χ0) is 14.9. The molecule has 0 bridgehead atoms. The van der Waals surface area contributed by atoms with Gasteiger partial charge in [-0.15, -0.1) is 12.4 Å². The highest BCUT2D eigenvalue weighted by Crippen LogP contribution is 2.29. The minimum atomic E-state index is -3.57. The molecule has 0 amide bonds. The number of aromatic amines is 1. The first kappa shape index (κ1) is 16.9. The molecule has 2 aromatic heterocycles. The SMILES string of the molecule is Cc1[nH]ncc1S(=O)(=O)N1CCNCC1c1cccnc1.Cl. The number of H-pyrrole nitrogens is 1. The van der Waals surface area contributed by atoms with Crippen LogP contribution in [0.2, 0.25) is 0 Å². The number of rotatable bonds is 3. The maximum absolute atomic E-state index is 12.9. The first-order valence-corrected chi connectivity index (χ1v) is 8.17. The molecule has 0 saturated carbocycles. The summed E-state index contributed by atoms with van der Waals surface area (Å²) in [7, 11) is -3.57. The molecule has 1 aliphatic heterocycles. The summed E-state index contributed by atoms with van der Waals surface area (Å²) in [5.74, 6) is 0. The average molecular weight is 344 g/mol. The van der Waals surface area contributed by atoms with Gasteiger partial charge in [-0.2, -0.15) is 9.40 Å². The molecule has 3 rings (SSSR count). The molecule has 3 heterocycles. The number of hydrogen-bond donors (Lipinski definition) is 2. The first-order valence-electron chi connectivity index (χ1n) is 6.73. The van der Waals surface area contributed by atoms with Gasteiger partial charge in [0.2, 0.25) is 10.0 Å². The predicted molar refractivity (Wildman–Crippen MR) is 84.3 cm³/mol. The molecule has 120 valence electrons. The molecular formula is C13H18ClN5O2S. The zero-order valence-electron chi connectivity index (χ0n) is 12.1. The highest BCUT2D eigenvalue weighted by Gasteiger charge is 2.35. The Morgan fingerprint density at radius 2 is 2.18 bits per heavy atom. The van der Waals surface area contributed by atoms with Crippen molar-refractivity contribution in [2.24, 2.45) is 0 Å². The molecule has 0 aromatic carbocycles. The van der Waals surface area contributed by atoms with Crippen LogP contribution in [0.5, 0.6) is 0 Å². The van der Waals surface area contributed by atoms with E-state index in [-0.39, 0.29) is 23.3 Å². The lowest BCUT2D eigenvalue weighted by molar-refractivity contribution is 0.271. The van der Waals surface area contributed by atoms with E-state index in [1.807, 2.05) is 12.1 Å². The van der Waals surface area contributed by atoms with Gasteiger partial charge >= 0.3 is 0 Å². The molecule has 7 nitrogen and oxygen atoms in total. The Kier molecular flexibility index (Phi) is 5.17. The van der Waals surface area contributed by atoms with Crippen LogP contribution in [-0.2, 0) is 10.0 Å². The maximum atomic E-state index is 12.9. The molecule has 2 N–H and O–H groups in total. The van der Waals surface area contributed by atoms with E-state index in [2.05, 4.69) is 20.5 Å². The largest absolute Gasteiger partial charge is 0.313 e. The highest BCUT2D eigenvalue weighted by molar-refractivity contribution is 7.89. The predicted octanol–water partition coefficient (Wildman–Crippen LogP) is 0.870. The molecule has 1 unspecified atom stereocenters. The Bertz CT molecular complexity index is 719. The Labute approximate surface area is 135 Å². The topological polar surface area (TPSA) is 91.0 Å². The number of halogens is 1. The monoisotopic (exact) mass is 343 g/mol. The Morgan fingerprint density at radius 1 is 1.36 bits per heavy atom. The quantitative estimate of drug-likeness (QED) is 0.863. The second-order valence-corrected chi connectivity index (χ2v) is 6.84. The van der Waals surface area contributed by atoms with Crippen LogP contribution in [0.3, 0.4) is 0 Å². The summed E-state index contributed by atoms with van der Waals surface area (Å²) in [4.78, 5) is 4.32. The van der Waals surface area contributed by atoms with Crippen molar-refractivity contribution < 1.29 is 8.42 Å². The summed E-state index contributed by atoms with van der Waals surface area (Å²) >= 11 is 0. The van der Waals surface area contributed by atoms with Gasteiger partial charge in [-0.05, 0) is 18.6 Å². The van der Waals surface area contributed by atoms with Gasteiger partial charge in [0.15, 0.2) is 0 Å². The number of aryl methyl sites for hydroxylation is 1. The molecule has 1 saturated heterocycles. The van der Waals surface area contributed by atoms with Crippen molar-refractivity contribution in [3.05, 3.63) is 42.0 Å². The fourth-order valence-electron chi connectivity index (χ4n) is 2.56. The van der Waals surface area contributed by atoms with Gasteiger partial charge in [0, 0.05) is 32.0 Å². The van der Waals surface area contributed by atoms with Crippen molar-refractivity contribution in [1.29, 1.82) is 0 Å². The Morgan fingerprint density at radius 3 is 2.82 bits per heavy atom. The standard InChI is InChI=1S/C13H17N5O2S.ClH/c1-10-13(9-16-17-10)21(19,20)18-6-5-15-8-12(18)11-3-2-4-14-7-11;/h2-4,7,9,12,15H,5-6,8H2,1H3,(H,16,17);1H. The summed E-state index contributed by atoms with van der Waals surface area (Å²) in [5.41, 5.74) is 1.44. The lowest BCUT2D eigenvalue weighted by Crippen LogP contribution is -2.48. The van der Waals surface area contributed by atoms with Gasteiger partial charge in [0.25, 0.3) is 0 Å². The number of hydrogen-bond acceptors (Lipinski definition) is 5. The molecule has 22 heavy (non-hydrogen) atoms. The van der Waals surface area contributed by atoms with Crippen molar-refractivity contribution in [2.45, 2.75) is 17.9 Å². The molecule has 2 aromatic rings. The maximum Gasteiger partial charge on any atom is 0.247 e. The third-order valence-corrected chi connectivity index (χ3v) is 5.66. The highest BCUT2D eigenvalue weighted by atomic mass is 35.5. The summed E-state index contributed by atoms with van der Waals surface area (Å²) in [6.07, 6.45) is 4.76. The van der Waals surface area contributed by atoms with Crippen LogP contribution >= 0.6 is 12.4 Å². The minimum Gasteiger partial charge on any atom is -0.313 e. The molecular weight excluding hydrogens is 326 g/mol. The first-order chi connectivity index (χ1) is 10.1. The van der Waals surface area contributed by atoms with E-state index in [0.29, 0.717) is 25.3 Å². The molecule has 0 radical (unpaired) electrons. The second kappa shape index (κ2) is 6.74. The van der Waals surface area contributed by atoms with E-state index in [1.54, 1.807) is 19.3 Å². The Hall–Kier alpha value is -1.48. The van der Waals surface area contributed by atoms with E-state index >= 15 is 0 Å². The van der Waals surface area contributed by atoms with Gasteiger partial charge in [-0.1, -0.05) is 6.07 Å². The fourth-order valence-corrected chi connectivity index (χ4v) is 4.29. The van der Waals surface area contributed by atoms with Gasteiger partial charge in [-0.25, -0.2) is 8.42 Å². The zero-order valence-corrected chi connectivity index (χ0v) is 13.7. The van der Waals surface area contributed by atoms with Crippen molar-refractivity contribution in [2.75, 3.05) is 19.6 Å². The van der Waals surface area contributed by atoms with Gasteiger partial charge < -0.3 is 5.32 Å².